The highest BCUT2D eigenvalue weighted by Crippen LogP contribution is 2.29. The Morgan fingerprint density at radius 2 is 1.85 bits per heavy atom. The number of halogens is 1. The van der Waals surface area contributed by atoms with Gasteiger partial charge in [0, 0.05) is 13.1 Å². The minimum atomic E-state index is 0.221. The molecular formula is C14H21ClN4O. The van der Waals surface area contributed by atoms with Crippen LogP contribution in [0.5, 0.6) is 6.01 Å². The Bertz CT molecular complexity index is 447. The molecule has 1 aromatic heterocycles. The zero-order valence-electron chi connectivity index (χ0n) is 11.7. The van der Waals surface area contributed by atoms with Crippen molar-refractivity contribution in [2.24, 2.45) is 5.92 Å². The number of nitrogens with zero attached hydrogens (tertiary/aromatic N) is 4. The number of hydrogen-bond donors (Lipinski definition) is 0. The lowest BCUT2D eigenvalue weighted by atomic mass is 9.83. The van der Waals surface area contributed by atoms with Gasteiger partial charge in [-0.3, -0.25) is 0 Å². The summed E-state index contributed by atoms with van der Waals surface area (Å²) in [5, 5.41) is 0.221. The van der Waals surface area contributed by atoms with Gasteiger partial charge in [0.2, 0.25) is 11.2 Å². The molecule has 5 nitrogen and oxygen atoms in total. The molecule has 0 spiro atoms. The minimum Gasteiger partial charge on any atom is -0.463 e. The third-order valence-electron chi connectivity index (χ3n) is 4.20. The molecule has 0 atom stereocenters. The summed E-state index contributed by atoms with van der Waals surface area (Å²) in [5.41, 5.74) is 0. The molecule has 0 N–H and O–H groups in total. The van der Waals surface area contributed by atoms with Crippen LogP contribution in [0.25, 0.3) is 0 Å². The first kappa shape index (κ1) is 13.9. The Hall–Kier alpha value is -1.10. The van der Waals surface area contributed by atoms with Crippen LogP contribution in [-0.4, -0.2) is 34.6 Å². The maximum Gasteiger partial charge on any atom is 0.322 e. The number of hydrogen-bond acceptors (Lipinski definition) is 5. The molecule has 0 amide bonds. The molecular weight excluding hydrogens is 276 g/mol. The summed E-state index contributed by atoms with van der Waals surface area (Å²) in [4.78, 5) is 14.8. The van der Waals surface area contributed by atoms with E-state index in [9.17, 15) is 0 Å². The monoisotopic (exact) mass is 296 g/mol. The normalized spacial score (nSPS) is 19.8. The van der Waals surface area contributed by atoms with Crippen molar-refractivity contribution in [3.63, 3.8) is 0 Å². The third-order valence-corrected chi connectivity index (χ3v) is 4.37. The van der Waals surface area contributed by atoms with Crippen LogP contribution in [0.15, 0.2) is 0 Å². The fraction of sp³-hybridized carbons (Fsp3) is 0.786. The highest BCUT2D eigenvalue weighted by molar-refractivity contribution is 6.28. The molecule has 0 bridgehead atoms. The summed E-state index contributed by atoms with van der Waals surface area (Å²) in [6.45, 7) is 2.65. The van der Waals surface area contributed by atoms with Gasteiger partial charge in [-0.15, -0.1) is 0 Å². The zero-order chi connectivity index (χ0) is 13.8. The zero-order valence-corrected chi connectivity index (χ0v) is 12.5. The van der Waals surface area contributed by atoms with Gasteiger partial charge in [-0.2, -0.15) is 15.0 Å². The first-order valence-corrected chi connectivity index (χ1v) is 7.98. The molecule has 0 unspecified atom stereocenters. The molecule has 1 saturated carbocycles. The van der Waals surface area contributed by atoms with Crippen molar-refractivity contribution in [2.75, 3.05) is 24.6 Å². The van der Waals surface area contributed by atoms with Crippen LogP contribution in [0, 0.1) is 5.92 Å². The van der Waals surface area contributed by atoms with Gasteiger partial charge in [-0.1, -0.05) is 19.3 Å². The molecule has 2 aliphatic rings. The van der Waals surface area contributed by atoms with E-state index in [4.69, 9.17) is 16.3 Å². The Balaban J connectivity index is 1.59. The van der Waals surface area contributed by atoms with E-state index < -0.39 is 0 Å². The van der Waals surface area contributed by atoms with E-state index in [-0.39, 0.29) is 5.28 Å². The largest absolute Gasteiger partial charge is 0.463 e. The van der Waals surface area contributed by atoms with E-state index in [0.29, 0.717) is 18.6 Å². The summed E-state index contributed by atoms with van der Waals surface area (Å²) < 4.78 is 5.65. The molecule has 1 aromatic rings. The maximum absolute atomic E-state index is 5.98. The van der Waals surface area contributed by atoms with Gasteiger partial charge < -0.3 is 9.64 Å². The molecule has 3 rings (SSSR count). The number of piperidine rings is 1. The van der Waals surface area contributed by atoms with E-state index in [2.05, 4.69) is 19.9 Å². The topological polar surface area (TPSA) is 51.1 Å². The van der Waals surface area contributed by atoms with Crippen molar-refractivity contribution >= 4 is 17.5 Å². The van der Waals surface area contributed by atoms with Crippen molar-refractivity contribution in [1.82, 2.24) is 15.0 Å². The third kappa shape index (κ3) is 3.51. The van der Waals surface area contributed by atoms with Gasteiger partial charge in [0.1, 0.15) is 0 Å². The molecule has 0 aromatic carbocycles. The molecule has 1 aliphatic heterocycles. The number of anilines is 1. The fourth-order valence-corrected chi connectivity index (χ4v) is 2.87. The molecule has 2 heterocycles. The highest BCUT2D eigenvalue weighted by atomic mass is 35.5. The number of rotatable bonds is 5. The van der Waals surface area contributed by atoms with Crippen LogP contribution in [0.2, 0.25) is 5.28 Å². The summed E-state index contributed by atoms with van der Waals surface area (Å²) in [6, 6.07) is 0.366. The molecule has 110 valence electrons. The quantitative estimate of drug-likeness (QED) is 0.836. The summed E-state index contributed by atoms with van der Waals surface area (Å²) in [6.07, 6.45) is 8.76. The average Bonchev–Trinajstić information content (AvgIpc) is 2.42. The van der Waals surface area contributed by atoms with Crippen molar-refractivity contribution in [1.29, 1.82) is 0 Å². The van der Waals surface area contributed by atoms with Crippen LogP contribution in [0.1, 0.15) is 44.9 Å². The molecule has 20 heavy (non-hydrogen) atoms. The predicted molar refractivity (Wildman–Crippen MR) is 78.4 cm³/mol. The summed E-state index contributed by atoms with van der Waals surface area (Å²) in [7, 11) is 0. The second-order valence-electron chi connectivity index (χ2n) is 5.67. The Kier molecular flexibility index (Phi) is 4.55. The fourth-order valence-electron chi connectivity index (χ4n) is 2.72. The predicted octanol–water partition coefficient (Wildman–Crippen LogP) is 3.08. The molecule has 1 saturated heterocycles. The van der Waals surface area contributed by atoms with Crippen molar-refractivity contribution < 1.29 is 4.74 Å². The lowest BCUT2D eigenvalue weighted by Gasteiger charge is -2.27. The Morgan fingerprint density at radius 3 is 2.55 bits per heavy atom. The Morgan fingerprint density at radius 1 is 1.05 bits per heavy atom. The molecule has 2 fully saturated rings. The molecule has 1 aliphatic carbocycles. The van der Waals surface area contributed by atoms with Gasteiger partial charge >= 0.3 is 6.01 Å². The first-order valence-electron chi connectivity index (χ1n) is 7.60. The summed E-state index contributed by atoms with van der Waals surface area (Å²) in [5.74, 6) is 1.48. The van der Waals surface area contributed by atoms with E-state index in [1.807, 2.05) is 0 Å². The van der Waals surface area contributed by atoms with Gasteiger partial charge in [0.05, 0.1) is 6.61 Å². The second-order valence-corrected chi connectivity index (χ2v) is 6.01. The minimum absolute atomic E-state index is 0.221. The van der Waals surface area contributed by atoms with Crippen LogP contribution in [-0.2, 0) is 0 Å². The van der Waals surface area contributed by atoms with Crippen molar-refractivity contribution in [2.45, 2.75) is 44.9 Å². The summed E-state index contributed by atoms with van der Waals surface area (Å²) >= 11 is 5.98. The van der Waals surface area contributed by atoms with Gasteiger partial charge in [-0.05, 0) is 43.2 Å². The van der Waals surface area contributed by atoms with Crippen LogP contribution < -0.4 is 9.64 Å². The number of aromatic nitrogens is 3. The van der Waals surface area contributed by atoms with E-state index in [1.165, 1.54) is 38.5 Å². The van der Waals surface area contributed by atoms with Crippen molar-refractivity contribution in [3.8, 4) is 6.01 Å². The number of ether oxygens (including phenoxy) is 1. The lowest BCUT2D eigenvalue weighted by molar-refractivity contribution is 0.211. The van der Waals surface area contributed by atoms with Crippen LogP contribution in [0.3, 0.4) is 0 Å². The van der Waals surface area contributed by atoms with E-state index >= 15 is 0 Å². The van der Waals surface area contributed by atoms with Gasteiger partial charge in [-0.25, -0.2) is 0 Å². The SMILES string of the molecule is Clc1nc(OCCC2CCC2)nc(N2CCCCC2)n1. The van der Waals surface area contributed by atoms with Crippen molar-refractivity contribution in [3.05, 3.63) is 5.28 Å². The van der Waals surface area contributed by atoms with E-state index in [1.54, 1.807) is 0 Å². The van der Waals surface area contributed by atoms with Gasteiger partial charge in [0.15, 0.2) is 0 Å². The molecule has 6 heteroatoms. The second kappa shape index (κ2) is 6.57. The Labute approximate surface area is 124 Å². The first-order chi connectivity index (χ1) is 9.81. The van der Waals surface area contributed by atoms with Crippen LogP contribution >= 0.6 is 11.6 Å². The standard InChI is InChI=1S/C14H21ClN4O/c15-12-16-13(19-8-2-1-3-9-19)18-14(17-12)20-10-7-11-5-4-6-11/h11H,1-10H2. The van der Waals surface area contributed by atoms with Crippen LogP contribution in [0.4, 0.5) is 5.95 Å². The lowest BCUT2D eigenvalue weighted by Crippen LogP contribution is -2.31. The molecule has 0 radical (unpaired) electrons. The maximum atomic E-state index is 5.98. The van der Waals surface area contributed by atoms with E-state index in [0.717, 1.165) is 25.4 Å². The highest BCUT2D eigenvalue weighted by Gasteiger charge is 2.18. The smallest absolute Gasteiger partial charge is 0.322 e. The average molecular weight is 297 g/mol. The van der Waals surface area contributed by atoms with Gasteiger partial charge in [0.25, 0.3) is 0 Å².